The number of aromatic nitrogens is 2. The van der Waals surface area contributed by atoms with Gasteiger partial charge in [0, 0.05) is 11.5 Å². The minimum absolute atomic E-state index is 0.115. The summed E-state index contributed by atoms with van der Waals surface area (Å²) in [6, 6.07) is 12.9. The molecule has 1 aromatic heterocycles. The SMILES string of the molecule is COc1cc(/C=C(/C#N)C(=O)Nc2nc(SC)ns2)cc(OC)c1OCCOc1ccccc1C. The quantitative estimate of drug-likeness (QED) is 0.170. The normalized spacial score (nSPS) is 10.9. The molecule has 9 nitrogen and oxygen atoms in total. The summed E-state index contributed by atoms with van der Waals surface area (Å²) in [5, 5.41) is 13.0. The highest BCUT2D eigenvalue weighted by atomic mass is 32.2. The summed E-state index contributed by atoms with van der Waals surface area (Å²) >= 11 is 2.40. The average molecular weight is 513 g/mol. The number of aryl methyl sites for hydroxylation is 1. The van der Waals surface area contributed by atoms with Gasteiger partial charge in [-0.15, -0.1) is 0 Å². The molecule has 182 valence electrons. The van der Waals surface area contributed by atoms with Gasteiger partial charge in [-0.25, -0.2) is 0 Å². The largest absolute Gasteiger partial charge is 0.493 e. The van der Waals surface area contributed by atoms with E-state index in [4.69, 9.17) is 18.9 Å². The van der Waals surface area contributed by atoms with Gasteiger partial charge in [-0.05, 0) is 48.6 Å². The minimum Gasteiger partial charge on any atom is -0.493 e. The van der Waals surface area contributed by atoms with Crippen LogP contribution in [0.2, 0.25) is 0 Å². The molecule has 0 spiro atoms. The lowest BCUT2D eigenvalue weighted by Gasteiger charge is -2.16. The van der Waals surface area contributed by atoms with Crippen molar-refractivity contribution in [1.29, 1.82) is 5.26 Å². The lowest BCUT2D eigenvalue weighted by atomic mass is 10.1. The Balaban J connectivity index is 1.74. The van der Waals surface area contributed by atoms with E-state index < -0.39 is 5.91 Å². The van der Waals surface area contributed by atoms with E-state index in [0.717, 1.165) is 22.8 Å². The number of anilines is 1. The summed E-state index contributed by atoms with van der Waals surface area (Å²) < 4.78 is 26.7. The van der Waals surface area contributed by atoms with Gasteiger partial charge in [0.05, 0.1) is 14.2 Å². The molecule has 1 amide bonds. The zero-order valence-electron chi connectivity index (χ0n) is 19.7. The Morgan fingerprint density at radius 3 is 2.43 bits per heavy atom. The number of carbonyl (C=O) groups is 1. The van der Waals surface area contributed by atoms with Crippen LogP contribution in [0.4, 0.5) is 5.13 Å². The van der Waals surface area contributed by atoms with Gasteiger partial charge in [-0.1, -0.05) is 30.0 Å². The van der Waals surface area contributed by atoms with Crippen molar-refractivity contribution < 1.29 is 23.7 Å². The van der Waals surface area contributed by atoms with Gasteiger partial charge in [0.25, 0.3) is 5.91 Å². The fraction of sp³-hybridized carbons (Fsp3) is 0.250. The highest BCUT2D eigenvalue weighted by Crippen LogP contribution is 2.39. The van der Waals surface area contributed by atoms with Crippen LogP contribution in [0.5, 0.6) is 23.0 Å². The van der Waals surface area contributed by atoms with Crippen LogP contribution in [0.1, 0.15) is 11.1 Å². The van der Waals surface area contributed by atoms with Crippen LogP contribution < -0.4 is 24.3 Å². The summed E-state index contributed by atoms with van der Waals surface area (Å²) in [5.74, 6) is 1.36. The summed E-state index contributed by atoms with van der Waals surface area (Å²) in [4.78, 5) is 16.7. The lowest BCUT2D eigenvalue weighted by Crippen LogP contribution is -2.13. The molecule has 11 heteroatoms. The zero-order valence-corrected chi connectivity index (χ0v) is 21.3. The molecule has 0 unspecified atom stereocenters. The molecule has 0 saturated carbocycles. The molecule has 0 aliphatic heterocycles. The van der Waals surface area contributed by atoms with Crippen molar-refractivity contribution in [2.45, 2.75) is 12.1 Å². The van der Waals surface area contributed by atoms with Crippen molar-refractivity contribution in [2.24, 2.45) is 0 Å². The fourth-order valence-corrected chi connectivity index (χ4v) is 4.08. The number of rotatable bonds is 11. The van der Waals surface area contributed by atoms with E-state index in [0.29, 0.717) is 39.7 Å². The van der Waals surface area contributed by atoms with E-state index in [-0.39, 0.29) is 12.2 Å². The molecule has 0 aliphatic rings. The summed E-state index contributed by atoms with van der Waals surface area (Å²) in [6.07, 6.45) is 3.27. The second-order valence-electron chi connectivity index (χ2n) is 6.93. The number of hydrogen-bond acceptors (Lipinski definition) is 10. The predicted octanol–water partition coefficient (Wildman–Crippen LogP) is 4.59. The van der Waals surface area contributed by atoms with Crippen molar-refractivity contribution in [3.8, 4) is 29.1 Å². The van der Waals surface area contributed by atoms with Gasteiger partial charge in [-0.2, -0.15) is 14.6 Å². The molecule has 0 saturated heterocycles. The van der Waals surface area contributed by atoms with Gasteiger partial charge in [-0.3, -0.25) is 10.1 Å². The number of nitrogens with one attached hydrogen (secondary N) is 1. The van der Waals surface area contributed by atoms with E-state index in [2.05, 4.69) is 14.7 Å². The molecule has 0 aliphatic carbocycles. The third-order valence-electron chi connectivity index (χ3n) is 4.65. The number of nitriles is 1. The molecule has 0 bridgehead atoms. The number of nitrogens with zero attached hydrogens (tertiary/aromatic N) is 3. The van der Waals surface area contributed by atoms with Gasteiger partial charge < -0.3 is 18.9 Å². The smallest absolute Gasteiger partial charge is 0.268 e. The van der Waals surface area contributed by atoms with Crippen molar-refractivity contribution in [3.05, 3.63) is 53.1 Å². The standard InChI is InChI=1S/C24H24N4O5S2/c1-15-7-5-6-8-18(15)32-9-10-33-21-19(30-2)12-16(13-20(21)31-3)11-17(14-25)22(29)26-23-27-24(34-4)28-35-23/h5-8,11-13H,9-10H2,1-4H3,(H,26,27,28,29)/b17-11-. The van der Waals surface area contributed by atoms with Crippen LogP contribution >= 0.6 is 23.3 Å². The summed E-state index contributed by atoms with van der Waals surface area (Å²) in [6.45, 7) is 2.54. The lowest BCUT2D eigenvalue weighted by molar-refractivity contribution is -0.112. The first-order chi connectivity index (χ1) is 17.0. The van der Waals surface area contributed by atoms with E-state index in [9.17, 15) is 10.1 Å². The maximum absolute atomic E-state index is 12.6. The molecule has 3 rings (SSSR count). The first-order valence-corrected chi connectivity index (χ1v) is 12.4. The van der Waals surface area contributed by atoms with E-state index in [1.807, 2.05) is 43.5 Å². The second-order valence-corrected chi connectivity index (χ2v) is 8.45. The maximum atomic E-state index is 12.6. The zero-order chi connectivity index (χ0) is 25.2. The van der Waals surface area contributed by atoms with E-state index in [1.165, 1.54) is 32.1 Å². The third-order valence-corrected chi connectivity index (χ3v) is 5.94. The van der Waals surface area contributed by atoms with Crippen LogP contribution in [0, 0.1) is 18.3 Å². The Labute approximate surface area is 211 Å². The van der Waals surface area contributed by atoms with Crippen molar-refractivity contribution in [1.82, 2.24) is 9.36 Å². The summed E-state index contributed by atoms with van der Waals surface area (Å²) in [7, 11) is 2.99. The Bertz CT molecular complexity index is 1230. The highest BCUT2D eigenvalue weighted by Gasteiger charge is 2.17. The van der Waals surface area contributed by atoms with Gasteiger partial charge in [0.15, 0.2) is 11.5 Å². The number of benzene rings is 2. The Morgan fingerprint density at radius 1 is 1.14 bits per heavy atom. The fourth-order valence-electron chi connectivity index (χ4n) is 2.96. The van der Waals surface area contributed by atoms with Gasteiger partial charge in [0.1, 0.15) is 30.6 Å². The van der Waals surface area contributed by atoms with Crippen LogP contribution in [0.15, 0.2) is 47.1 Å². The number of hydrogen-bond donors (Lipinski definition) is 1. The van der Waals surface area contributed by atoms with Gasteiger partial charge in [0.2, 0.25) is 16.0 Å². The van der Waals surface area contributed by atoms with Crippen LogP contribution in [-0.4, -0.2) is 49.0 Å². The molecular formula is C24H24N4O5S2. The Hall–Kier alpha value is -3.75. The predicted molar refractivity (Wildman–Crippen MR) is 136 cm³/mol. The Kier molecular flexibility index (Phi) is 9.34. The average Bonchev–Trinajstić information content (AvgIpc) is 3.33. The second kappa shape index (κ2) is 12.6. The monoisotopic (exact) mass is 512 g/mol. The molecule has 35 heavy (non-hydrogen) atoms. The first-order valence-electron chi connectivity index (χ1n) is 10.4. The van der Waals surface area contributed by atoms with Crippen LogP contribution in [-0.2, 0) is 4.79 Å². The van der Waals surface area contributed by atoms with Crippen LogP contribution in [0.3, 0.4) is 0 Å². The molecule has 0 radical (unpaired) electrons. The van der Waals surface area contributed by atoms with E-state index >= 15 is 0 Å². The highest BCUT2D eigenvalue weighted by molar-refractivity contribution is 7.98. The molecule has 0 fully saturated rings. The Morgan fingerprint density at radius 2 is 1.83 bits per heavy atom. The third kappa shape index (κ3) is 6.88. The molecule has 1 heterocycles. The number of ether oxygens (including phenoxy) is 4. The molecule has 0 atom stereocenters. The number of amides is 1. The number of carbonyl (C=O) groups excluding carboxylic acids is 1. The molecule has 1 N–H and O–H groups in total. The molecule has 3 aromatic rings. The van der Waals surface area contributed by atoms with E-state index in [1.54, 1.807) is 12.1 Å². The van der Waals surface area contributed by atoms with Crippen molar-refractivity contribution in [3.63, 3.8) is 0 Å². The maximum Gasteiger partial charge on any atom is 0.268 e. The van der Waals surface area contributed by atoms with Crippen molar-refractivity contribution in [2.75, 3.05) is 39.0 Å². The van der Waals surface area contributed by atoms with Crippen LogP contribution in [0.25, 0.3) is 6.08 Å². The first kappa shape index (κ1) is 25.9. The molecule has 2 aromatic carbocycles. The van der Waals surface area contributed by atoms with Gasteiger partial charge >= 0.3 is 0 Å². The number of thioether (sulfide) groups is 1. The van der Waals surface area contributed by atoms with Crippen molar-refractivity contribution >= 4 is 40.4 Å². The molecular weight excluding hydrogens is 488 g/mol. The minimum atomic E-state index is -0.595. The summed E-state index contributed by atoms with van der Waals surface area (Å²) in [5.41, 5.74) is 1.44. The number of para-hydroxylation sites is 1. The topological polar surface area (TPSA) is 116 Å². The number of methoxy groups -OCH3 is 2.